The number of aromatic nitrogens is 1. The van der Waals surface area contributed by atoms with E-state index in [2.05, 4.69) is 15.6 Å². The predicted octanol–water partition coefficient (Wildman–Crippen LogP) is 2.74. The van der Waals surface area contributed by atoms with Crippen LogP contribution in [0.3, 0.4) is 0 Å². The van der Waals surface area contributed by atoms with Crippen LogP contribution in [0.5, 0.6) is 0 Å². The third kappa shape index (κ3) is 6.02. The van der Waals surface area contributed by atoms with Gasteiger partial charge < -0.3 is 10.6 Å². The van der Waals surface area contributed by atoms with Crippen LogP contribution >= 0.6 is 24.8 Å². The molecule has 4 nitrogen and oxygen atoms in total. The van der Waals surface area contributed by atoms with Gasteiger partial charge in [-0.15, -0.1) is 24.8 Å². The molecule has 0 radical (unpaired) electrons. The van der Waals surface area contributed by atoms with Crippen LogP contribution in [0.15, 0.2) is 54.9 Å². The van der Waals surface area contributed by atoms with E-state index in [-0.39, 0.29) is 36.8 Å². The van der Waals surface area contributed by atoms with E-state index >= 15 is 0 Å². The molecule has 2 N–H and O–H groups in total. The van der Waals surface area contributed by atoms with Crippen molar-refractivity contribution in [1.29, 1.82) is 0 Å². The van der Waals surface area contributed by atoms with Gasteiger partial charge in [-0.3, -0.25) is 9.78 Å². The maximum absolute atomic E-state index is 12.0. The van der Waals surface area contributed by atoms with Crippen LogP contribution in [0.25, 0.3) is 0 Å². The Morgan fingerprint density at radius 3 is 2.23 bits per heavy atom. The van der Waals surface area contributed by atoms with Gasteiger partial charge in [0.25, 0.3) is 0 Å². The van der Waals surface area contributed by atoms with Gasteiger partial charge in [0.15, 0.2) is 0 Å². The van der Waals surface area contributed by atoms with E-state index in [0.29, 0.717) is 13.0 Å². The minimum Gasteiger partial charge on any atom is -0.345 e. The van der Waals surface area contributed by atoms with Crippen molar-refractivity contribution in [3.05, 3.63) is 66.0 Å². The van der Waals surface area contributed by atoms with E-state index in [0.717, 1.165) is 11.1 Å². The molecule has 0 aliphatic heterocycles. The van der Waals surface area contributed by atoms with Crippen LogP contribution in [0.1, 0.15) is 23.6 Å². The van der Waals surface area contributed by atoms with E-state index in [1.165, 1.54) is 0 Å². The van der Waals surface area contributed by atoms with Gasteiger partial charge in [0.1, 0.15) is 0 Å². The Morgan fingerprint density at radius 2 is 1.64 bits per heavy atom. The van der Waals surface area contributed by atoms with Crippen LogP contribution in [-0.2, 0) is 4.79 Å². The quantitative estimate of drug-likeness (QED) is 0.849. The number of carbonyl (C=O) groups is 1. The molecule has 22 heavy (non-hydrogen) atoms. The fourth-order valence-corrected chi connectivity index (χ4v) is 2.03. The highest BCUT2D eigenvalue weighted by Crippen LogP contribution is 2.21. The molecule has 120 valence electrons. The summed E-state index contributed by atoms with van der Waals surface area (Å²) in [6.45, 7) is 0.670. The van der Waals surface area contributed by atoms with Gasteiger partial charge in [-0.1, -0.05) is 30.3 Å². The number of halogens is 2. The number of hydrogen-bond acceptors (Lipinski definition) is 3. The number of pyridine rings is 1. The molecule has 0 spiro atoms. The third-order valence-corrected chi connectivity index (χ3v) is 3.08. The normalized spacial score (nSPS) is 10.8. The molecule has 1 amide bonds. The first-order valence-electron chi connectivity index (χ1n) is 6.70. The summed E-state index contributed by atoms with van der Waals surface area (Å²) in [5, 5.41) is 6.06. The lowest BCUT2D eigenvalue weighted by atomic mass is 9.99. The maximum atomic E-state index is 12.0. The van der Waals surface area contributed by atoms with Crippen LogP contribution in [0, 0.1) is 0 Å². The van der Waals surface area contributed by atoms with E-state index in [9.17, 15) is 4.79 Å². The van der Waals surface area contributed by atoms with Crippen molar-refractivity contribution in [2.45, 2.75) is 12.5 Å². The van der Waals surface area contributed by atoms with E-state index in [4.69, 9.17) is 0 Å². The van der Waals surface area contributed by atoms with Gasteiger partial charge >= 0.3 is 0 Å². The highest BCUT2D eigenvalue weighted by atomic mass is 35.5. The molecule has 0 saturated carbocycles. The molecule has 1 aromatic carbocycles. The highest BCUT2D eigenvalue weighted by molar-refractivity contribution is 5.85. The van der Waals surface area contributed by atoms with Crippen LogP contribution in [-0.4, -0.2) is 24.5 Å². The number of benzene rings is 1. The Kier molecular flexibility index (Phi) is 10.2. The van der Waals surface area contributed by atoms with E-state index in [1.54, 1.807) is 12.4 Å². The van der Waals surface area contributed by atoms with Crippen molar-refractivity contribution < 1.29 is 4.79 Å². The minimum absolute atomic E-state index is 0. The summed E-state index contributed by atoms with van der Waals surface area (Å²) >= 11 is 0. The van der Waals surface area contributed by atoms with E-state index in [1.807, 2.05) is 49.5 Å². The summed E-state index contributed by atoms with van der Waals surface area (Å²) in [7, 11) is 1.84. The number of amides is 1. The second-order valence-corrected chi connectivity index (χ2v) is 4.55. The van der Waals surface area contributed by atoms with Gasteiger partial charge in [-0.25, -0.2) is 0 Å². The third-order valence-electron chi connectivity index (χ3n) is 3.08. The largest absolute Gasteiger partial charge is 0.345 e. The molecule has 2 aromatic rings. The summed E-state index contributed by atoms with van der Waals surface area (Å²) in [5.74, 6) is 0.0324. The lowest BCUT2D eigenvalue weighted by Gasteiger charge is -2.19. The molecule has 1 heterocycles. The summed E-state index contributed by atoms with van der Waals surface area (Å²) < 4.78 is 0. The fraction of sp³-hybridized carbons (Fsp3) is 0.250. The standard InChI is InChI=1S/C16H19N3O.2ClH/c1-17-10-9-15(20)19-16(13-5-3-2-4-6-13)14-7-11-18-12-8-14;;/h2-8,11-12,16-17H,9-10H2,1H3,(H,19,20);2*1H. The van der Waals surface area contributed by atoms with Crippen molar-refractivity contribution in [3.8, 4) is 0 Å². The average molecular weight is 342 g/mol. The molecule has 2 rings (SSSR count). The number of carbonyl (C=O) groups excluding carboxylic acids is 1. The lowest BCUT2D eigenvalue weighted by Crippen LogP contribution is -2.31. The number of nitrogens with zero attached hydrogens (tertiary/aromatic N) is 1. The van der Waals surface area contributed by atoms with Crippen molar-refractivity contribution >= 4 is 30.7 Å². The van der Waals surface area contributed by atoms with Gasteiger partial charge in [0, 0.05) is 25.4 Å². The van der Waals surface area contributed by atoms with Gasteiger partial charge in [0.2, 0.25) is 5.91 Å². The Balaban J connectivity index is 0.00000220. The second-order valence-electron chi connectivity index (χ2n) is 4.55. The Labute approximate surface area is 143 Å². The first-order chi connectivity index (χ1) is 9.81. The fourth-order valence-electron chi connectivity index (χ4n) is 2.03. The van der Waals surface area contributed by atoms with Crippen LogP contribution in [0.2, 0.25) is 0 Å². The Morgan fingerprint density at radius 1 is 1.05 bits per heavy atom. The van der Waals surface area contributed by atoms with Gasteiger partial charge in [-0.2, -0.15) is 0 Å². The first kappa shape index (κ1) is 20.4. The molecule has 1 atom stereocenters. The molecule has 0 fully saturated rings. The summed E-state index contributed by atoms with van der Waals surface area (Å²) in [4.78, 5) is 16.0. The zero-order valence-electron chi connectivity index (χ0n) is 12.4. The lowest BCUT2D eigenvalue weighted by molar-refractivity contribution is -0.121. The van der Waals surface area contributed by atoms with Crippen LogP contribution in [0.4, 0.5) is 0 Å². The molecule has 0 aliphatic carbocycles. The number of rotatable bonds is 6. The molecule has 6 heteroatoms. The van der Waals surface area contributed by atoms with Crippen molar-refractivity contribution in [2.75, 3.05) is 13.6 Å². The van der Waals surface area contributed by atoms with Gasteiger partial charge in [-0.05, 0) is 30.3 Å². The van der Waals surface area contributed by atoms with Crippen LogP contribution < -0.4 is 10.6 Å². The van der Waals surface area contributed by atoms with Gasteiger partial charge in [0.05, 0.1) is 6.04 Å². The summed E-state index contributed by atoms with van der Waals surface area (Å²) in [6, 6.07) is 13.7. The smallest absolute Gasteiger partial charge is 0.222 e. The molecule has 1 aromatic heterocycles. The highest BCUT2D eigenvalue weighted by Gasteiger charge is 2.16. The SMILES string of the molecule is CNCCC(=O)NC(c1ccccc1)c1ccncc1.Cl.Cl. The van der Waals surface area contributed by atoms with Crippen molar-refractivity contribution in [1.82, 2.24) is 15.6 Å². The zero-order chi connectivity index (χ0) is 14.2. The maximum Gasteiger partial charge on any atom is 0.222 e. The monoisotopic (exact) mass is 341 g/mol. The molecule has 0 aliphatic rings. The topological polar surface area (TPSA) is 54.0 Å². The van der Waals surface area contributed by atoms with E-state index < -0.39 is 0 Å². The molecular formula is C16H21Cl2N3O. The molecule has 0 saturated heterocycles. The minimum atomic E-state index is -0.136. The number of nitrogens with one attached hydrogen (secondary N) is 2. The summed E-state index contributed by atoms with van der Waals surface area (Å²) in [5.41, 5.74) is 2.10. The predicted molar refractivity (Wildman–Crippen MR) is 93.7 cm³/mol. The number of hydrogen-bond donors (Lipinski definition) is 2. The average Bonchev–Trinajstić information content (AvgIpc) is 2.52. The molecule has 0 bridgehead atoms. The zero-order valence-corrected chi connectivity index (χ0v) is 14.0. The van der Waals surface area contributed by atoms with Crippen molar-refractivity contribution in [3.63, 3.8) is 0 Å². The Bertz CT molecular complexity index is 498. The summed E-state index contributed by atoms with van der Waals surface area (Å²) in [6.07, 6.45) is 3.95. The molecular weight excluding hydrogens is 321 g/mol. The second kappa shape index (κ2) is 11.0. The Hall–Kier alpha value is -1.62. The molecule has 1 unspecified atom stereocenters. The van der Waals surface area contributed by atoms with Crippen molar-refractivity contribution in [2.24, 2.45) is 0 Å². The first-order valence-corrected chi connectivity index (χ1v) is 6.70.